The van der Waals surface area contributed by atoms with Gasteiger partial charge in [0, 0.05) is 13.1 Å². The summed E-state index contributed by atoms with van der Waals surface area (Å²) in [7, 11) is 0. The van der Waals surface area contributed by atoms with Gasteiger partial charge in [-0.2, -0.15) is 0 Å². The van der Waals surface area contributed by atoms with Crippen LogP contribution in [0.5, 0.6) is 0 Å². The lowest BCUT2D eigenvalue weighted by molar-refractivity contribution is -0.115. The Morgan fingerprint density at radius 2 is 2.18 bits per heavy atom. The summed E-state index contributed by atoms with van der Waals surface area (Å²) in [6.45, 7) is 3.41. The molecule has 0 N–H and O–H groups in total. The van der Waals surface area contributed by atoms with Crippen LogP contribution in [0.4, 0.5) is 0 Å². The maximum absolute atomic E-state index is 10.8. The lowest BCUT2D eigenvalue weighted by Crippen LogP contribution is -2.39. The van der Waals surface area contributed by atoms with E-state index in [1.807, 2.05) is 4.90 Å². The van der Waals surface area contributed by atoms with Crippen molar-refractivity contribution in [2.24, 2.45) is 0 Å². The number of ketones is 1. The molecule has 3 nitrogen and oxygen atoms in total. The van der Waals surface area contributed by atoms with E-state index in [0.717, 1.165) is 13.1 Å². The van der Waals surface area contributed by atoms with Crippen LogP contribution in [0.3, 0.4) is 0 Å². The number of ether oxygens (including phenoxy) is 1. The number of nitrogens with zero attached hydrogens (tertiary/aromatic N) is 1. The quantitative estimate of drug-likeness (QED) is 0.396. The van der Waals surface area contributed by atoms with Crippen molar-refractivity contribution in [2.45, 2.75) is 0 Å². The molecular weight excluding hydrogens is 142 g/mol. The molecule has 0 radical (unpaired) electrons. The molecule has 1 rings (SSSR count). The second-order valence-electron chi connectivity index (χ2n) is 2.46. The van der Waals surface area contributed by atoms with Crippen molar-refractivity contribution >= 4 is 5.78 Å². The number of rotatable bonds is 2. The Morgan fingerprint density at radius 3 is 2.73 bits per heavy atom. The van der Waals surface area contributed by atoms with E-state index < -0.39 is 0 Å². The zero-order chi connectivity index (χ0) is 8.10. The third-order valence-corrected chi connectivity index (χ3v) is 1.63. The molecule has 0 saturated carbocycles. The minimum Gasteiger partial charge on any atom is -0.379 e. The number of terminal acetylenes is 1. The smallest absolute Gasteiger partial charge is 0.219 e. The van der Waals surface area contributed by atoms with Crippen LogP contribution in [-0.2, 0) is 9.53 Å². The molecule has 0 aromatic rings. The average Bonchev–Trinajstić information content (AvgIpc) is 2.06. The summed E-state index contributed by atoms with van der Waals surface area (Å²) >= 11 is 0. The minimum atomic E-state index is -0.146. The van der Waals surface area contributed by atoms with Gasteiger partial charge in [-0.15, -0.1) is 6.42 Å². The summed E-state index contributed by atoms with van der Waals surface area (Å²) in [6.07, 6.45) is 4.93. The Kier molecular flexibility index (Phi) is 3.09. The van der Waals surface area contributed by atoms with E-state index in [4.69, 9.17) is 11.2 Å². The molecule has 0 atom stereocenters. The van der Waals surface area contributed by atoms with Crippen LogP contribution in [-0.4, -0.2) is 43.5 Å². The highest BCUT2D eigenvalue weighted by Gasteiger charge is 2.11. The largest absolute Gasteiger partial charge is 0.379 e. The van der Waals surface area contributed by atoms with E-state index in [0.29, 0.717) is 19.8 Å². The monoisotopic (exact) mass is 153 g/mol. The van der Waals surface area contributed by atoms with Gasteiger partial charge in [0.15, 0.2) is 0 Å². The fourth-order valence-electron chi connectivity index (χ4n) is 1.01. The van der Waals surface area contributed by atoms with E-state index >= 15 is 0 Å². The highest BCUT2D eigenvalue weighted by molar-refractivity contribution is 5.96. The molecule has 1 aliphatic heterocycles. The van der Waals surface area contributed by atoms with Crippen molar-refractivity contribution < 1.29 is 9.53 Å². The molecule has 0 aromatic carbocycles. The first-order valence-corrected chi connectivity index (χ1v) is 3.62. The number of Topliss-reactive ketones (excluding diaryl/α,β-unsaturated/α-hetero) is 1. The van der Waals surface area contributed by atoms with Crippen molar-refractivity contribution in [1.29, 1.82) is 0 Å². The van der Waals surface area contributed by atoms with Gasteiger partial charge in [-0.05, 0) is 5.92 Å². The third-order valence-electron chi connectivity index (χ3n) is 1.63. The van der Waals surface area contributed by atoms with Gasteiger partial charge in [0.05, 0.1) is 19.8 Å². The zero-order valence-corrected chi connectivity index (χ0v) is 6.38. The summed E-state index contributed by atoms with van der Waals surface area (Å²) in [5, 5.41) is 0. The first-order valence-electron chi connectivity index (χ1n) is 3.62. The van der Waals surface area contributed by atoms with Crippen LogP contribution in [0.15, 0.2) is 0 Å². The van der Waals surface area contributed by atoms with Gasteiger partial charge in [-0.3, -0.25) is 9.69 Å². The Labute approximate surface area is 66.3 Å². The topological polar surface area (TPSA) is 29.5 Å². The molecule has 0 unspecified atom stereocenters. The Balaban J connectivity index is 2.25. The highest BCUT2D eigenvalue weighted by atomic mass is 16.5. The van der Waals surface area contributed by atoms with Crippen LogP contribution in [0.2, 0.25) is 0 Å². The summed E-state index contributed by atoms with van der Waals surface area (Å²) in [6, 6.07) is 0. The SMILES string of the molecule is C#CC(=O)CN1CCOCC1. The summed E-state index contributed by atoms with van der Waals surface area (Å²) < 4.78 is 5.11. The fourth-order valence-corrected chi connectivity index (χ4v) is 1.01. The Hall–Kier alpha value is -0.850. The number of hydrogen-bond donors (Lipinski definition) is 0. The second kappa shape index (κ2) is 4.12. The predicted molar refractivity (Wildman–Crippen MR) is 41.1 cm³/mol. The second-order valence-corrected chi connectivity index (χ2v) is 2.46. The van der Waals surface area contributed by atoms with Gasteiger partial charge in [0.1, 0.15) is 0 Å². The predicted octanol–water partition coefficient (Wildman–Crippen LogP) is -0.479. The van der Waals surface area contributed by atoms with Gasteiger partial charge < -0.3 is 4.74 Å². The van der Waals surface area contributed by atoms with E-state index in [1.54, 1.807) is 0 Å². The van der Waals surface area contributed by atoms with Crippen LogP contribution < -0.4 is 0 Å². The van der Waals surface area contributed by atoms with E-state index in [2.05, 4.69) is 5.92 Å². The molecule has 3 heteroatoms. The fraction of sp³-hybridized carbons (Fsp3) is 0.625. The minimum absolute atomic E-state index is 0.146. The van der Waals surface area contributed by atoms with Gasteiger partial charge in [0.25, 0.3) is 0 Å². The van der Waals surface area contributed by atoms with E-state index in [1.165, 1.54) is 0 Å². The molecule has 0 spiro atoms. The van der Waals surface area contributed by atoms with Gasteiger partial charge in [-0.25, -0.2) is 0 Å². The number of morpholine rings is 1. The van der Waals surface area contributed by atoms with Gasteiger partial charge in [-0.1, -0.05) is 0 Å². The first kappa shape index (κ1) is 8.25. The molecule has 1 aliphatic rings. The molecule has 11 heavy (non-hydrogen) atoms. The summed E-state index contributed by atoms with van der Waals surface area (Å²) in [5.41, 5.74) is 0. The highest BCUT2D eigenvalue weighted by Crippen LogP contribution is 1.95. The van der Waals surface area contributed by atoms with Crippen molar-refractivity contribution in [3.05, 3.63) is 0 Å². The maximum atomic E-state index is 10.8. The number of carbonyl (C=O) groups is 1. The molecule has 0 aliphatic carbocycles. The molecule has 60 valence electrons. The molecule has 1 saturated heterocycles. The van der Waals surface area contributed by atoms with Crippen LogP contribution >= 0.6 is 0 Å². The summed E-state index contributed by atoms with van der Waals surface area (Å²) in [5.74, 6) is 1.94. The van der Waals surface area contributed by atoms with Crippen molar-refractivity contribution in [2.75, 3.05) is 32.8 Å². The lowest BCUT2D eigenvalue weighted by Gasteiger charge is -2.24. The van der Waals surface area contributed by atoms with Crippen molar-refractivity contribution in [1.82, 2.24) is 4.90 Å². The van der Waals surface area contributed by atoms with Crippen molar-refractivity contribution in [3.63, 3.8) is 0 Å². The Morgan fingerprint density at radius 1 is 1.55 bits per heavy atom. The Bertz CT molecular complexity index is 177. The zero-order valence-electron chi connectivity index (χ0n) is 6.38. The molecule has 1 heterocycles. The van der Waals surface area contributed by atoms with Crippen LogP contribution in [0.1, 0.15) is 0 Å². The number of carbonyl (C=O) groups excluding carboxylic acids is 1. The van der Waals surface area contributed by atoms with Crippen molar-refractivity contribution in [3.8, 4) is 12.3 Å². The van der Waals surface area contributed by atoms with Gasteiger partial charge in [0.2, 0.25) is 5.78 Å². The van der Waals surface area contributed by atoms with Crippen LogP contribution in [0.25, 0.3) is 0 Å². The first-order chi connectivity index (χ1) is 5.33. The average molecular weight is 153 g/mol. The van der Waals surface area contributed by atoms with E-state index in [9.17, 15) is 4.79 Å². The standard InChI is InChI=1S/C8H11NO2/c1-2-8(10)7-9-3-5-11-6-4-9/h1H,3-7H2. The molecule has 0 aromatic heterocycles. The lowest BCUT2D eigenvalue weighted by atomic mass is 10.3. The van der Waals surface area contributed by atoms with Gasteiger partial charge >= 0.3 is 0 Å². The molecule has 1 fully saturated rings. The third kappa shape index (κ3) is 2.71. The molecular formula is C8H11NO2. The number of hydrogen-bond acceptors (Lipinski definition) is 3. The summed E-state index contributed by atoms with van der Waals surface area (Å²) in [4.78, 5) is 12.8. The normalized spacial score (nSPS) is 19.2. The van der Waals surface area contributed by atoms with Crippen LogP contribution in [0, 0.1) is 12.3 Å². The van der Waals surface area contributed by atoms with E-state index in [-0.39, 0.29) is 5.78 Å². The maximum Gasteiger partial charge on any atom is 0.219 e. The molecule has 0 amide bonds. The molecule has 0 bridgehead atoms.